The molecule has 0 bridgehead atoms. The number of H-pyrrole nitrogens is 2. The number of nitrogens with one attached hydrogen (secondary N) is 3. The first kappa shape index (κ1) is 28.7. The van der Waals surface area contributed by atoms with Gasteiger partial charge in [0.25, 0.3) is 0 Å². The molecule has 6 nitrogen and oxygen atoms in total. The molecule has 43 heavy (non-hydrogen) atoms. The van der Waals surface area contributed by atoms with Crippen LogP contribution in [0.1, 0.15) is 19.4 Å². The van der Waals surface area contributed by atoms with Crippen LogP contribution in [-0.4, -0.2) is 26.1 Å². The second kappa shape index (κ2) is 12.8. The Balaban J connectivity index is 1.42. The molecule has 5 rings (SSSR count). The van der Waals surface area contributed by atoms with E-state index in [2.05, 4.69) is 38.6 Å². The number of hydrogen-bond donors (Lipinski definition) is 3. The van der Waals surface area contributed by atoms with Crippen LogP contribution in [0.2, 0.25) is 0 Å². The van der Waals surface area contributed by atoms with Crippen molar-refractivity contribution in [1.82, 2.24) is 25.5 Å². The minimum Gasteiger partial charge on any atom is -0.352 e. The van der Waals surface area contributed by atoms with E-state index in [0.717, 1.165) is 55.0 Å². The van der Waals surface area contributed by atoms with E-state index in [9.17, 15) is 9.18 Å². The van der Waals surface area contributed by atoms with Crippen LogP contribution >= 0.6 is 0 Å². The summed E-state index contributed by atoms with van der Waals surface area (Å²) in [7, 11) is 0. The number of nitrogens with zero attached hydrogens (tertiary/aromatic N) is 2. The maximum Gasteiger partial charge on any atom is 0.151 e. The highest BCUT2D eigenvalue weighted by Crippen LogP contribution is 2.30. The Hall–Kier alpha value is -5.78. The molecule has 2 aromatic carbocycles. The lowest BCUT2D eigenvalue weighted by molar-refractivity contribution is 0.568. The average Bonchev–Trinajstić information content (AvgIpc) is 3.63. The number of fused-ring (bicyclic) bond motifs is 1. The number of benzene rings is 2. The molecule has 0 saturated heterocycles. The van der Waals surface area contributed by atoms with E-state index in [1.807, 2.05) is 86.6 Å². The molecule has 0 aliphatic rings. The Bertz CT molecular complexity index is 2070. The summed E-state index contributed by atoms with van der Waals surface area (Å²) in [6, 6.07) is 17.7. The highest BCUT2D eigenvalue weighted by atomic mass is 19.1. The molecule has 0 atom stereocenters. The van der Waals surface area contributed by atoms with Crippen LogP contribution in [0.15, 0.2) is 121 Å². The van der Waals surface area contributed by atoms with Crippen LogP contribution in [0, 0.1) is 5.82 Å². The molecule has 0 radical (unpaired) electrons. The molecular weight excluding hydrogens is 537 g/mol. The third-order valence-electron chi connectivity index (χ3n) is 7.07. The largest absolute Gasteiger partial charge is 0.352 e. The highest BCUT2D eigenvalue weighted by molar-refractivity contribution is 5.97. The van der Waals surface area contributed by atoms with Crippen molar-refractivity contribution in [2.24, 2.45) is 0 Å². The van der Waals surface area contributed by atoms with Crippen LogP contribution < -0.4 is 15.9 Å². The van der Waals surface area contributed by atoms with Crippen molar-refractivity contribution < 1.29 is 9.18 Å². The van der Waals surface area contributed by atoms with Gasteiger partial charge in [-0.05, 0) is 67.0 Å². The molecule has 5 aromatic rings. The lowest BCUT2D eigenvalue weighted by atomic mass is 10.0. The van der Waals surface area contributed by atoms with Gasteiger partial charge < -0.3 is 10.3 Å². The molecule has 3 N–H and O–H groups in total. The Kier molecular flexibility index (Phi) is 8.56. The predicted octanol–water partition coefficient (Wildman–Crippen LogP) is 6.37. The molecule has 3 heterocycles. The number of carbonyl (C=O) groups excluding carboxylic acids is 1. The minimum atomic E-state index is -0.301. The van der Waals surface area contributed by atoms with Crippen molar-refractivity contribution in [1.29, 1.82) is 0 Å². The normalized spacial score (nSPS) is 12.8. The molecule has 0 aliphatic heterocycles. The van der Waals surface area contributed by atoms with E-state index in [4.69, 9.17) is 0 Å². The standard InChI is InChI=1S/C36H30FN5O/c1-5-25(18-29(6-2)39-35(22-43)26-11-8-7-9-12-26)23(3)15-16-32-24(4)36(42-41-32)33-19-30-31(20-38-21-34(30)40-33)27-13-10-14-28(37)17-27/h5-21,39-41H,2,4H2,1,3H3/b23-15+,25-5+,29-18+,32-16+. The van der Waals surface area contributed by atoms with Crippen molar-refractivity contribution in [3.63, 3.8) is 0 Å². The maximum absolute atomic E-state index is 13.9. The topological polar surface area (TPSA) is 86.5 Å². The molecule has 0 unspecified atom stereocenters. The molecule has 0 amide bonds. The van der Waals surface area contributed by atoms with Crippen LogP contribution in [-0.2, 0) is 4.79 Å². The lowest BCUT2D eigenvalue weighted by Crippen LogP contribution is -2.21. The second-order valence-corrected chi connectivity index (χ2v) is 9.84. The number of rotatable bonds is 9. The van der Waals surface area contributed by atoms with Crippen molar-refractivity contribution in [3.8, 4) is 22.5 Å². The van der Waals surface area contributed by atoms with E-state index in [1.54, 1.807) is 24.5 Å². The summed E-state index contributed by atoms with van der Waals surface area (Å²) < 4.78 is 13.9. The summed E-state index contributed by atoms with van der Waals surface area (Å²) in [5.74, 6) is 1.68. The van der Waals surface area contributed by atoms with Gasteiger partial charge in [-0.2, -0.15) is 5.10 Å². The van der Waals surface area contributed by atoms with Crippen molar-refractivity contribution in [2.75, 3.05) is 0 Å². The first-order valence-corrected chi connectivity index (χ1v) is 13.6. The Morgan fingerprint density at radius 3 is 2.63 bits per heavy atom. The van der Waals surface area contributed by atoms with Gasteiger partial charge >= 0.3 is 0 Å². The molecule has 3 aromatic heterocycles. The van der Waals surface area contributed by atoms with E-state index in [-0.39, 0.29) is 5.82 Å². The maximum atomic E-state index is 13.9. The number of halogens is 1. The average molecular weight is 568 g/mol. The fraction of sp³-hybridized carbons (Fsp3) is 0.0556. The van der Waals surface area contributed by atoms with Gasteiger partial charge in [-0.3, -0.25) is 10.1 Å². The van der Waals surface area contributed by atoms with Gasteiger partial charge in [0, 0.05) is 33.6 Å². The zero-order valence-corrected chi connectivity index (χ0v) is 23.9. The lowest BCUT2D eigenvalue weighted by Gasteiger charge is -2.10. The summed E-state index contributed by atoms with van der Waals surface area (Å²) in [5.41, 5.74) is 7.49. The second-order valence-electron chi connectivity index (χ2n) is 9.84. The molecule has 212 valence electrons. The molecule has 0 aliphatic carbocycles. The monoisotopic (exact) mass is 567 g/mol. The number of aromatic nitrogens is 4. The summed E-state index contributed by atoms with van der Waals surface area (Å²) in [4.78, 5) is 19.3. The summed E-state index contributed by atoms with van der Waals surface area (Å²) in [6.45, 7) is 12.1. The third kappa shape index (κ3) is 6.27. The molecular formula is C36H30FN5O. The van der Waals surface area contributed by atoms with Crippen LogP contribution in [0.4, 0.5) is 4.39 Å². The van der Waals surface area contributed by atoms with Gasteiger partial charge in [0.15, 0.2) is 5.94 Å². The van der Waals surface area contributed by atoms with Gasteiger partial charge in [-0.15, -0.1) is 0 Å². The summed E-state index contributed by atoms with van der Waals surface area (Å²) >= 11 is 0. The Morgan fingerprint density at radius 2 is 1.91 bits per heavy atom. The Morgan fingerprint density at radius 1 is 1.09 bits per heavy atom. The third-order valence-corrected chi connectivity index (χ3v) is 7.07. The number of allylic oxidation sites excluding steroid dienone is 6. The zero-order valence-electron chi connectivity index (χ0n) is 23.9. The molecule has 0 fully saturated rings. The van der Waals surface area contributed by atoms with Crippen LogP contribution in [0.3, 0.4) is 0 Å². The van der Waals surface area contributed by atoms with Crippen molar-refractivity contribution in [3.05, 3.63) is 143 Å². The Labute approximate surface area is 248 Å². The smallest absolute Gasteiger partial charge is 0.151 e. The van der Waals surface area contributed by atoms with Gasteiger partial charge in [0.2, 0.25) is 0 Å². The quantitative estimate of drug-likeness (QED) is 0.143. The summed E-state index contributed by atoms with van der Waals surface area (Å²) in [6.07, 6.45) is 12.9. The number of hydrogen-bond acceptors (Lipinski definition) is 4. The van der Waals surface area contributed by atoms with Crippen LogP contribution in [0.25, 0.3) is 51.8 Å². The highest BCUT2D eigenvalue weighted by Gasteiger charge is 2.12. The van der Waals surface area contributed by atoms with E-state index >= 15 is 0 Å². The number of aromatic amines is 2. The van der Waals surface area contributed by atoms with E-state index < -0.39 is 0 Å². The van der Waals surface area contributed by atoms with Gasteiger partial charge in [0.1, 0.15) is 17.2 Å². The molecule has 0 spiro atoms. The predicted molar refractivity (Wildman–Crippen MR) is 173 cm³/mol. The van der Waals surface area contributed by atoms with E-state index in [1.165, 1.54) is 12.1 Å². The fourth-order valence-electron chi connectivity index (χ4n) is 4.75. The van der Waals surface area contributed by atoms with Gasteiger partial charge in [0.05, 0.1) is 22.8 Å². The SMILES string of the molecule is C=C\C(=C/C(=C\C)C(/C)=C/C=c1/[nH]nc(-c2cc3c(-c4cccc(F)c4)cncc3[nH]2)c1=C)NC(=C=O)c1ccccc1. The summed E-state index contributed by atoms with van der Waals surface area (Å²) in [5, 5.41) is 13.1. The zero-order chi connectivity index (χ0) is 30.3. The first-order valence-electron chi connectivity index (χ1n) is 13.6. The van der Waals surface area contributed by atoms with Gasteiger partial charge in [-0.1, -0.05) is 67.8 Å². The van der Waals surface area contributed by atoms with E-state index in [0.29, 0.717) is 17.1 Å². The first-order chi connectivity index (χ1) is 20.9. The van der Waals surface area contributed by atoms with Crippen molar-refractivity contribution >= 4 is 35.2 Å². The minimum absolute atomic E-state index is 0.301. The fourth-order valence-corrected chi connectivity index (χ4v) is 4.75. The number of pyridine rings is 1. The molecule has 0 saturated carbocycles. The molecule has 7 heteroatoms. The van der Waals surface area contributed by atoms with Crippen LogP contribution in [0.5, 0.6) is 0 Å². The van der Waals surface area contributed by atoms with Crippen molar-refractivity contribution in [2.45, 2.75) is 13.8 Å². The van der Waals surface area contributed by atoms with Gasteiger partial charge in [-0.25, -0.2) is 9.18 Å².